The van der Waals surface area contributed by atoms with E-state index in [0.29, 0.717) is 38.3 Å². The molecule has 24 heavy (non-hydrogen) atoms. The lowest BCUT2D eigenvalue weighted by Gasteiger charge is -2.40. The van der Waals surface area contributed by atoms with Crippen molar-refractivity contribution in [3.63, 3.8) is 0 Å². The van der Waals surface area contributed by atoms with Gasteiger partial charge in [0.15, 0.2) is 0 Å². The van der Waals surface area contributed by atoms with Crippen LogP contribution in [-0.2, 0) is 21.1 Å². The van der Waals surface area contributed by atoms with Crippen LogP contribution in [0.4, 0.5) is 4.39 Å². The maximum absolute atomic E-state index is 13.7. The second-order valence-corrected chi connectivity index (χ2v) is 9.98. The van der Waals surface area contributed by atoms with Gasteiger partial charge in [-0.3, -0.25) is 4.79 Å². The summed E-state index contributed by atoms with van der Waals surface area (Å²) in [7, 11) is -2.88. The Morgan fingerprint density at radius 1 is 1.21 bits per heavy atom. The maximum atomic E-state index is 13.7. The van der Waals surface area contributed by atoms with Gasteiger partial charge in [0, 0.05) is 19.0 Å². The van der Waals surface area contributed by atoms with Crippen LogP contribution in [0.5, 0.6) is 0 Å². The van der Waals surface area contributed by atoms with E-state index in [9.17, 15) is 17.6 Å². The van der Waals surface area contributed by atoms with E-state index in [4.69, 9.17) is 0 Å². The molecule has 3 aliphatic rings. The predicted molar refractivity (Wildman–Crippen MR) is 88.6 cm³/mol. The number of nitrogens with zero attached hydrogens (tertiary/aromatic N) is 1. The van der Waals surface area contributed by atoms with E-state index in [1.807, 2.05) is 11.0 Å². The van der Waals surface area contributed by atoms with Crippen LogP contribution in [0.15, 0.2) is 24.3 Å². The van der Waals surface area contributed by atoms with Crippen molar-refractivity contribution < 1.29 is 17.6 Å². The number of amides is 1. The molecule has 2 heterocycles. The monoisotopic (exact) mass is 351 g/mol. The molecular formula is C18H22FNO3S. The van der Waals surface area contributed by atoms with E-state index < -0.39 is 9.84 Å². The molecule has 0 aromatic heterocycles. The predicted octanol–water partition coefficient (Wildman–Crippen LogP) is 2.04. The van der Waals surface area contributed by atoms with Gasteiger partial charge in [0.1, 0.15) is 15.7 Å². The highest BCUT2D eigenvalue weighted by Crippen LogP contribution is 2.60. The Labute approximate surface area is 142 Å². The quantitative estimate of drug-likeness (QED) is 0.837. The first-order chi connectivity index (χ1) is 11.4. The van der Waals surface area contributed by atoms with E-state index >= 15 is 0 Å². The summed E-state index contributed by atoms with van der Waals surface area (Å²) in [6.07, 6.45) is 2.79. The van der Waals surface area contributed by atoms with Gasteiger partial charge in [-0.2, -0.15) is 0 Å². The van der Waals surface area contributed by atoms with Crippen molar-refractivity contribution in [2.75, 3.05) is 24.6 Å². The van der Waals surface area contributed by atoms with Gasteiger partial charge in [-0.25, -0.2) is 12.8 Å². The minimum atomic E-state index is -2.88. The van der Waals surface area contributed by atoms with Crippen molar-refractivity contribution in [2.45, 2.75) is 25.7 Å². The lowest BCUT2D eigenvalue weighted by Crippen LogP contribution is -2.52. The first-order valence-corrected chi connectivity index (χ1v) is 10.4. The molecule has 1 spiro atoms. The molecule has 1 aromatic rings. The zero-order chi connectivity index (χ0) is 16.9. The number of hydrogen-bond acceptors (Lipinski definition) is 3. The number of halogens is 1. The molecule has 0 radical (unpaired) electrons. The lowest BCUT2D eigenvalue weighted by molar-refractivity contribution is -0.139. The number of benzene rings is 1. The van der Waals surface area contributed by atoms with Gasteiger partial charge >= 0.3 is 0 Å². The normalized spacial score (nSPS) is 27.7. The van der Waals surface area contributed by atoms with Crippen LogP contribution >= 0.6 is 0 Å². The molecule has 2 saturated heterocycles. The van der Waals surface area contributed by atoms with E-state index in [2.05, 4.69) is 0 Å². The molecule has 4 nitrogen and oxygen atoms in total. The molecule has 0 N–H and O–H groups in total. The van der Waals surface area contributed by atoms with Crippen molar-refractivity contribution in [3.05, 3.63) is 35.6 Å². The highest BCUT2D eigenvalue weighted by molar-refractivity contribution is 7.91. The summed E-state index contributed by atoms with van der Waals surface area (Å²) in [6.45, 7) is 1.39. The number of hydrogen-bond donors (Lipinski definition) is 0. The number of rotatable bonds is 3. The standard InChI is InChI=1S/C18H22FNO3S/c19-16-4-2-1-3-14(16)9-13-11-20(12-13)17(21)15-10-18(15)5-7-24(22,23)8-6-18/h1-4,13,15H,5-12H2. The van der Waals surface area contributed by atoms with Gasteiger partial charge in [-0.05, 0) is 48.6 Å². The molecule has 1 aromatic carbocycles. The van der Waals surface area contributed by atoms with E-state index in [0.717, 1.165) is 12.0 Å². The van der Waals surface area contributed by atoms with Crippen LogP contribution in [0.3, 0.4) is 0 Å². The van der Waals surface area contributed by atoms with E-state index in [1.165, 1.54) is 6.07 Å². The fourth-order valence-corrected chi connectivity index (χ4v) is 5.91. The Balaban J connectivity index is 1.29. The topological polar surface area (TPSA) is 54.5 Å². The molecule has 2 aliphatic heterocycles. The Morgan fingerprint density at radius 2 is 1.88 bits per heavy atom. The zero-order valence-electron chi connectivity index (χ0n) is 13.6. The lowest BCUT2D eigenvalue weighted by atomic mass is 9.90. The van der Waals surface area contributed by atoms with Crippen LogP contribution in [0.1, 0.15) is 24.8 Å². The molecule has 6 heteroatoms. The molecule has 130 valence electrons. The third-order valence-electron chi connectivity index (χ3n) is 6.05. The first kappa shape index (κ1) is 16.1. The van der Waals surface area contributed by atoms with Gasteiger partial charge < -0.3 is 4.90 Å². The minimum absolute atomic E-state index is 0.0161. The van der Waals surface area contributed by atoms with Crippen LogP contribution in [0.2, 0.25) is 0 Å². The van der Waals surface area contributed by atoms with Gasteiger partial charge in [0.2, 0.25) is 5.91 Å². The van der Waals surface area contributed by atoms with Crippen molar-refractivity contribution in [1.29, 1.82) is 0 Å². The van der Waals surface area contributed by atoms with Crippen molar-refractivity contribution in [1.82, 2.24) is 4.90 Å². The number of carbonyl (C=O) groups is 1. The molecule has 1 atom stereocenters. The van der Waals surface area contributed by atoms with Crippen LogP contribution in [0.25, 0.3) is 0 Å². The molecule has 1 saturated carbocycles. The number of likely N-dealkylation sites (tertiary alicyclic amines) is 1. The van der Waals surface area contributed by atoms with Crippen molar-refractivity contribution >= 4 is 15.7 Å². The first-order valence-electron chi connectivity index (χ1n) is 8.61. The molecule has 0 bridgehead atoms. The van der Waals surface area contributed by atoms with Crippen molar-refractivity contribution in [3.8, 4) is 0 Å². The molecule has 1 unspecified atom stereocenters. The van der Waals surface area contributed by atoms with Gasteiger partial charge in [0.25, 0.3) is 0 Å². The molecular weight excluding hydrogens is 329 g/mol. The highest BCUT2D eigenvalue weighted by Gasteiger charge is 2.60. The molecule has 4 rings (SSSR count). The third-order valence-corrected chi connectivity index (χ3v) is 7.70. The summed E-state index contributed by atoms with van der Waals surface area (Å²) < 4.78 is 36.8. The van der Waals surface area contributed by atoms with Crippen LogP contribution < -0.4 is 0 Å². The highest BCUT2D eigenvalue weighted by atomic mass is 32.2. The smallest absolute Gasteiger partial charge is 0.226 e. The Morgan fingerprint density at radius 3 is 2.54 bits per heavy atom. The Hall–Kier alpha value is -1.43. The largest absolute Gasteiger partial charge is 0.342 e. The minimum Gasteiger partial charge on any atom is -0.342 e. The van der Waals surface area contributed by atoms with Crippen molar-refractivity contribution in [2.24, 2.45) is 17.3 Å². The van der Waals surface area contributed by atoms with Gasteiger partial charge in [-0.1, -0.05) is 18.2 Å². The van der Waals surface area contributed by atoms with Crippen LogP contribution in [-0.4, -0.2) is 43.8 Å². The Bertz CT molecular complexity index is 756. The summed E-state index contributed by atoms with van der Waals surface area (Å²) in [5.41, 5.74) is 0.675. The average molecular weight is 351 g/mol. The zero-order valence-corrected chi connectivity index (χ0v) is 14.4. The average Bonchev–Trinajstić information content (AvgIpc) is 3.22. The summed E-state index contributed by atoms with van der Waals surface area (Å²) >= 11 is 0. The Kier molecular flexibility index (Phi) is 3.71. The molecule has 1 aliphatic carbocycles. The summed E-state index contributed by atoms with van der Waals surface area (Å²) in [6, 6.07) is 6.80. The number of sulfone groups is 1. The second kappa shape index (κ2) is 5.55. The molecule has 3 fully saturated rings. The third kappa shape index (κ3) is 2.85. The maximum Gasteiger partial charge on any atom is 0.226 e. The number of carbonyl (C=O) groups excluding carboxylic acids is 1. The summed E-state index contributed by atoms with van der Waals surface area (Å²) in [5.74, 6) is 0.806. The van der Waals surface area contributed by atoms with E-state index in [1.54, 1.807) is 12.1 Å². The fourth-order valence-electron chi connectivity index (χ4n) is 4.27. The van der Waals surface area contributed by atoms with Gasteiger partial charge in [0.05, 0.1) is 11.5 Å². The SMILES string of the molecule is O=C(C1CC12CCS(=O)(=O)CC2)N1CC(Cc2ccccc2F)C1. The fraction of sp³-hybridized carbons (Fsp3) is 0.611. The van der Waals surface area contributed by atoms with Gasteiger partial charge in [-0.15, -0.1) is 0 Å². The summed E-state index contributed by atoms with van der Waals surface area (Å²) in [5, 5.41) is 0. The van der Waals surface area contributed by atoms with E-state index in [-0.39, 0.29) is 34.6 Å². The van der Waals surface area contributed by atoms with Crippen LogP contribution in [0, 0.1) is 23.1 Å². The second-order valence-electron chi connectivity index (χ2n) is 7.68. The molecule has 1 amide bonds. The summed E-state index contributed by atoms with van der Waals surface area (Å²) in [4.78, 5) is 14.5.